The molecule has 96 valence electrons. The molecule has 0 spiro atoms. The van der Waals surface area contributed by atoms with Crippen molar-refractivity contribution >= 4 is 22.5 Å². The van der Waals surface area contributed by atoms with E-state index in [1.54, 1.807) is 6.07 Å². The molecule has 0 aliphatic heterocycles. The molecule has 0 radical (unpaired) electrons. The second kappa shape index (κ2) is 4.76. The second-order valence-corrected chi connectivity index (χ2v) is 4.51. The minimum absolute atomic E-state index is 0.0508. The van der Waals surface area contributed by atoms with Crippen LogP contribution in [-0.2, 0) is 12.6 Å². The van der Waals surface area contributed by atoms with Gasteiger partial charge in [0.15, 0.2) is 0 Å². The Labute approximate surface area is 108 Å². The molecule has 18 heavy (non-hydrogen) atoms. The van der Waals surface area contributed by atoms with Crippen molar-refractivity contribution in [2.24, 2.45) is 0 Å². The van der Waals surface area contributed by atoms with Gasteiger partial charge in [-0.05, 0) is 30.7 Å². The van der Waals surface area contributed by atoms with Crippen molar-refractivity contribution in [3.05, 3.63) is 40.5 Å². The van der Waals surface area contributed by atoms with E-state index in [0.29, 0.717) is 17.6 Å². The van der Waals surface area contributed by atoms with Crippen LogP contribution >= 0.6 is 11.6 Å². The summed E-state index contributed by atoms with van der Waals surface area (Å²) in [4.78, 5) is 4.22. The first-order chi connectivity index (χ1) is 8.41. The summed E-state index contributed by atoms with van der Waals surface area (Å²) < 4.78 is 39.0. The van der Waals surface area contributed by atoms with Crippen LogP contribution < -0.4 is 0 Å². The number of nitrogens with zero attached hydrogens (tertiary/aromatic N) is 1. The third-order valence-electron chi connectivity index (χ3n) is 2.64. The van der Waals surface area contributed by atoms with Gasteiger partial charge < -0.3 is 0 Å². The number of aromatic nitrogens is 1. The average Bonchev–Trinajstić information content (AvgIpc) is 2.27. The summed E-state index contributed by atoms with van der Waals surface area (Å²) in [6.45, 7) is 1.90. The predicted molar refractivity (Wildman–Crippen MR) is 65.8 cm³/mol. The van der Waals surface area contributed by atoms with Gasteiger partial charge in [0.2, 0.25) is 0 Å². The fourth-order valence-electron chi connectivity index (χ4n) is 1.87. The maximum atomic E-state index is 13.0. The molecule has 5 heteroatoms. The number of hydrogen-bond acceptors (Lipinski definition) is 1. The molecule has 2 aromatic rings. The highest BCUT2D eigenvalue weighted by Crippen LogP contribution is 2.35. The standard InChI is InChI=1S/C13H11ClF3N/c1-2-3-9-7-11(13(15,16)17)10-6-8(14)4-5-12(10)18-9/h4-7H,2-3H2,1H3. The molecule has 0 saturated carbocycles. The van der Waals surface area contributed by atoms with Crippen LogP contribution in [0.5, 0.6) is 0 Å². The summed E-state index contributed by atoms with van der Waals surface area (Å²) in [5.74, 6) is 0. The quantitative estimate of drug-likeness (QED) is 0.761. The zero-order valence-corrected chi connectivity index (χ0v) is 10.4. The van der Waals surface area contributed by atoms with E-state index in [4.69, 9.17) is 11.6 Å². The first-order valence-corrected chi connectivity index (χ1v) is 5.96. The topological polar surface area (TPSA) is 12.9 Å². The van der Waals surface area contributed by atoms with E-state index < -0.39 is 11.7 Å². The van der Waals surface area contributed by atoms with Gasteiger partial charge in [0, 0.05) is 16.1 Å². The van der Waals surface area contributed by atoms with Gasteiger partial charge >= 0.3 is 6.18 Å². The van der Waals surface area contributed by atoms with Crippen LogP contribution in [0.4, 0.5) is 13.2 Å². The Morgan fingerprint density at radius 1 is 1.22 bits per heavy atom. The fraction of sp³-hybridized carbons (Fsp3) is 0.308. The number of rotatable bonds is 2. The molecular formula is C13H11ClF3N. The first-order valence-electron chi connectivity index (χ1n) is 5.58. The van der Waals surface area contributed by atoms with E-state index in [1.165, 1.54) is 12.1 Å². The molecule has 0 atom stereocenters. The monoisotopic (exact) mass is 273 g/mol. The van der Waals surface area contributed by atoms with Crippen LogP contribution in [0, 0.1) is 0 Å². The Morgan fingerprint density at radius 2 is 1.94 bits per heavy atom. The van der Waals surface area contributed by atoms with Crippen molar-refractivity contribution < 1.29 is 13.2 Å². The molecular weight excluding hydrogens is 263 g/mol. The number of fused-ring (bicyclic) bond motifs is 1. The van der Waals surface area contributed by atoms with Gasteiger partial charge in [-0.15, -0.1) is 0 Å². The highest BCUT2D eigenvalue weighted by Gasteiger charge is 2.33. The second-order valence-electron chi connectivity index (χ2n) is 4.07. The lowest BCUT2D eigenvalue weighted by Gasteiger charge is -2.12. The number of aryl methyl sites for hydroxylation is 1. The number of halogens is 4. The van der Waals surface area contributed by atoms with Crippen molar-refractivity contribution in [3.63, 3.8) is 0 Å². The van der Waals surface area contributed by atoms with Crippen molar-refractivity contribution in [1.29, 1.82) is 0 Å². The SMILES string of the molecule is CCCc1cc(C(F)(F)F)c2cc(Cl)ccc2n1. The van der Waals surface area contributed by atoms with E-state index in [1.807, 2.05) is 6.92 Å². The average molecular weight is 274 g/mol. The maximum Gasteiger partial charge on any atom is 0.417 e. The Balaban J connectivity index is 2.73. The van der Waals surface area contributed by atoms with Gasteiger partial charge in [-0.3, -0.25) is 4.98 Å². The van der Waals surface area contributed by atoms with Gasteiger partial charge in [-0.1, -0.05) is 24.9 Å². The third kappa shape index (κ3) is 2.58. The van der Waals surface area contributed by atoms with E-state index >= 15 is 0 Å². The lowest BCUT2D eigenvalue weighted by molar-refractivity contribution is -0.136. The summed E-state index contributed by atoms with van der Waals surface area (Å²) in [6.07, 6.45) is -3.11. The predicted octanol–water partition coefficient (Wildman–Crippen LogP) is 4.86. The normalized spacial score (nSPS) is 12.1. The zero-order valence-electron chi connectivity index (χ0n) is 9.68. The van der Waals surface area contributed by atoms with Crippen LogP contribution in [0.25, 0.3) is 10.9 Å². The summed E-state index contributed by atoms with van der Waals surface area (Å²) in [7, 11) is 0. The number of pyridine rings is 1. The Morgan fingerprint density at radius 3 is 2.56 bits per heavy atom. The Hall–Kier alpha value is -1.29. The molecule has 1 nitrogen and oxygen atoms in total. The van der Waals surface area contributed by atoms with E-state index in [9.17, 15) is 13.2 Å². The highest BCUT2D eigenvalue weighted by atomic mass is 35.5. The smallest absolute Gasteiger partial charge is 0.253 e. The van der Waals surface area contributed by atoms with Crippen LogP contribution in [0.2, 0.25) is 5.02 Å². The molecule has 0 unspecified atom stereocenters. The molecule has 1 heterocycles. The van der Waals surface area contributed by atoms with Crippen LogP contribution in [0.1, 0.15) is 24.6 Å². The summed E-state index contributed by atoms with van der Waals surface area (Å²) in [6, 6.07) is 5.49. The fourth-order valence-corrected chi connectivity index (χ4v) is 2.04. The summed E-state index contributed by atoms with van der Waals surface area (Å²) in [5.41, 5.74) is 0.121. The molecule has 0 bridgehead atoms. The zero-order chi connectivity index (χ0) is 13.3. The van der Waals surface area contributed by atoms with Crippen molar-refractivity contribution in [2.75, 3.05) is 0 Å². The Kier molecular flexibility index (Phi) is 3.48. The molecule has 0 saturated heterocycles. The first kappa shape index (κ1) is 13.1. The lowest BCUT2D eigenvalue weighted by atomic mass is 10.1. The van der Waals surface area contributed by atoms with Crippen molar-refractivity contribution in [3.8, 4) is 0 Å². The molecule has 0 aliphatic rings. The molecule has 1 aromatic carbocycles. The lowest BCUT2D eigenvalue weighted by Crippen LogP contribution is -2.08. The molecule has 0 aliphatic carbocycles. The van der Waals surface area contributed by atoms with Crippen molar-refractivity contribution in [1.82, 2.24) is 4.98 Å². The van der Waals surface area contributed by atoms with Crippen LogP contribution in [0.15, 0.2) is 24.3 Å². The maximum absolute atomic E-state index is 13.0. The minimum Gasteiger partial charge on any atom is -0.253 e. The summed E-state index contributed by atoms with van der Waals surface area (Å²) in [5, 5.41) is 0.327. The molecule has 0 amide bonds. The molecule has 1 aromatic heterocycles. The van der Waals surface area contributed by atoms with Crippen LogP contribution in [-0.4, -0.2) is 4.98 Å². The number of hydrogen-bond donors (Lipinski definition) is 0. The summed E-state index contributed by atoms with van der Waals surface area (Å²) >= 11 is 5.75. The largest absolute Gasteiger partial charge is 0.417 e. The number of alkyl halides is 3. The highest BCUT2D eigenvalue weighted by molar-refractivity contribution is 6.31. The number of benzene rings is 1. The Bertz CT molecular complexity index is 578. The van der Waals surface area contributed by atoms with Gasteiger partial charge in [0.25, 0.3) is 0 Å². The van der Waals surface area contributed by atoms with E-state index in [2.05, 4.69) is 4.98 Å². The van der Waals surface area contributed by atoms with Gasteiger partial charge in [0.1, 0.15) is 0 Å². The van der Waals surface area contributed by atoms with E-state index in [-0.39, 0.29) is 10.4 Å². The third-order valence-corrected chi connectivity index (χ3v) is 2.87. The minimum atomic E-state index is -4.39. The van der Waals surface area contributed by atoms with E-state index in [0.717, 1.165) is 12.5 Å². The van der Waals surface area contributed by atoms with Gasteiger partial charge in [0.05, 0.1) is 11.1 Å². The van der Waals surface area contributed by atoms with Gasteiger partial charge in [-0.25, -0.2) is 0 Å². The molecule has 2 rings (SSSR count). The van der Waals surface area contributed by atoms with Gasteiger partial charge in [-0.2, -0.15) is 13.2 Å². The van der Waals surface area contributed by atoms with Crippen molar-refractivity contribution in [2.45, 2.75) is 25.9 Å². The molecule has 0 fully saturated rings. The van der Waals surface area contributed by atoms with Crippen LogP contribution in [0.3, 0.4) is 0 Å². The molecule has 0 N–H and O–H groups in total.